The maximum absolute atomic E-state index is 13.1. The first-order valence-electron chi connectivity index (χ1n) is 5.75. The van der Waals surface area contributed by atoms with E-state index in [0.717, 1.165) is 4.70 Å². The molecule has 0 spiro atoms. The Morgan fingerprint density at radius 2 is 1.90 bits per heavy atom. The van der Waals surface area contributed by atoms with Crippen LogP contribution < -0.4 is 11.5 Å². The quantitative estimate of drug-likeness (QED) is 0.551. The van der Waals surface area contributed by atoms with Crippen molar-refractivity contribution in [2.24, 2.45) is 10.2 Å². The number of thiazole rings is 1. The van der Waals surface area contributed by atoms with Crippen LogP contribution in [0.3, 0.4) is 0 Å². The first kappa shape index (κ1) is 12.5. The smallest absolute Gasteiger partial charge is 0.231 e. The topological polar surface area (TPSA) is 89.6 Å². The normalized spacial score (nSPS) is 11.4. The summed E-state index contributed by atoms with van der Waals surface area (Å²) in [4.78, 5) is 4.24. The fourth-order valence-electron chi connectivity index (χ4n) is 1.69. The van der Waals surface area contributed by atoms with E-state index in [1.807, 2.05) is 0 Å². The minimum Gasteiger partial charge on any atom is -0.399 e. The zero-order valence-electron chi connectivity index (χ0n) is 10.2. The molecular weight excluding hydrogens is 277 g/mol. The van der Waals surface area contributed by atoms with Crippen molar-refractivity contribution in [3.8, 4) is 0 Å². The minimum atomic E-state index is -0.299. The van der Waals surface area contributed by atoms with Crippen LogP contribution in [0.15, 0.2) is 46.6 Å². The van der Waals surface area contributed by atoms with Crippen LogP contribution in [-0.4, -0.2) is 4.98 Å². The average Bonchev–Trinajstić information content (AvgIpc) is 2.79. The molecule has 4 N–H and O–H groups in total. The van der Waals surface area contributed by atoms with Crippen LogP contribution in [0.1, 0.15) is 0 Å². The third-order valence-corrected chi connectivity index (χ3v) is 3.54. The Kier molecular flexibility index (Phi) is 3.03. The molecule has 5 nitrogen and oxygen atoms in total. The fourth-order valence-corrected chi connectivity index (χ4v) is 2.50. The molecule has 0 aliphatic heterocycles. The summed E-state index contributed by atoms with van der Waals surface area (Å²) in [5, 5.41) is 8.50. The summed E-state index contributed by atoms with van der Waals surface area (Å²) in [6.07, 6.45) is 0. The number of fused-ring (bicyclic) bond motifs is 1. The molecule has 100 valence electrons. The van der Waals surface area contributed by atoms with Gasteiger partial charge in [0.1, 0.15) is 11.5 Å². The molecular formula is C13H10FN5S. The van der Waals surface area contributed by atoms with E-state index in [9.17, 15) is 4.39 Å². The van der Waals surface area contributed by atoms with Gasteiger partial charge in [-0.15, -0.1) is 10.2 Å². The number of hydrogen-bond acceptors (Lipinski definition) is 6. The summed E-state index contributed by atoms with van der Waals surface area (Å²) in [5.41, 5.74) is 13.6. The lowest BCUT2D eigenvalue weighted by molar-refractivity contribution is 0.630. The molecule has 0 aliphatic rings. The highest BCUT2D eigenvalue weighted by Gasteiger charge is 2.04. The Balaban J connectivity index is 1.94. The zero-order chi connectivity index (χ0) is 14.1. The van der Waals surface area contributed by atoms with Gasteiger partial charge < -0.3 is 11.5 Å². The van der Waals surface area contributed by atoms with Gasteiger partial charge in [-0.25, -0.2) is 9.37 Å². The predicted molar refractivity (Wildman–Crippen MR) is 79.0 cm³/mol. The number of nitrogens with zero attached hydrogens (tertiary/aromatic N) is 3. The molecule has 0 atom stereocenters. The molecule has 1 aromatic heterocycles. The lowest BCUT2D eigenvalue weighted by Gasteiger charge is -1.98. The summed E-state index contributed by atoms with van der Waals surface area (Å²) in [7, 11) is 0. The molecule has 3 rings (SSSR count). The second kappa shape index (κ2) is 4.86. The Morgan fingerprint density at radius 1 is 1.05 bits per heavy atom. The summed E-state index contributed by atoms with van der Waals surface area (Å²) in [6.45, 7) is 0. The summed E-state index contributed by atoms with van der Waals surface area (Å²) < 4.78 is 13.8. The lowest BCUT2D eigenvalue weighted by atomic mass is 10.2. The van der Waals surface area contributed by atoms with Gasteiger partial charge in [-0.05, 0) is 36.4 Å². The molecule has 0 amide bonds. The average molecular weight is 287 g/mol. The molecule has 0 saturated heterocycles. The Morgan fingerprint density at radius 3 is 2.70 bits per heavy atom. The third-order valence-electron chi connectivity index (χ3n) is 2.63. The number of aromatic nitrogens is 1. The first-order chi connectivity index (χ1) is 9.61. The number of hydrogen-bond donors (Lipinski definition) is 2. The van der Waals surface area contributed by atoms with E-state index in [1.165, 1.54) is 23.5 Å². The van der Waals surface area contributed by atoms with E-state index in [1.54, 1.807) is 24.3 Å². The van der Waals surface area contributed by atoms with Gasteiger partial charge in [0, 0.05) is 5.69 Å². The molecule has 1 heterocycles. The number of anilines is 2. The van der Waals surface area contributed by atoms with Crippen molar-refractivity contribution in [3.05, 3.63) is 42.2 Å². The Hall–Kier alpha value is -2.54. The zero-order valence-corrected chi connectivity index (χ0v) is 11.1. The van der Waals surface area contributed by atoms with Crippen LogP contribution in [0.2, 0.25) is 0 Å². The standard InChI is InChI=1S/C13H10FN5S/c14-7-1-3-11-12(5-7)20-13(17-11)19-18-10-4-2-8(15)6-9(10)16/h1-6H,15-16H2. The van der Waals surface area contributed by atoms with E-state index >= 15 is 0 Å². The van der Waals surface area contributed by atoms with Crippen LogP contribution in [0.25, 0.3) is 10.2 Å². The van der Waals surface area contributed by atoms with Crippen molar-refractivity contribution in [2.45, 2.75) is 0 Å². The van der Waals surface area contributed by atoms with Gasteiger partial charge in [0.25, 0.3) is 0 Å². The fraction of sp³-hybridized carbons (Fsp3) is 0. The highest BCUT2D eigenvalue weighted by atomic mass is 32.1. The van der Waals surface area contributed by atoms with Crippen LogP contribution in [-0.2, 0) is 0 Å². The van der Waals surface area contributed by atoms with Crippen molar-refractivity contribution in [2.75, 3.05) is 11.5 Å². The molecule has 0 radical (unpaired) electrons. The molecule has 3 aromatic rings. The van der Waals surface area contributed by atoms with E-state index in [4.69, 9.17) is 11.5 Å². The number of nitrogen functional groups attached to an aromatic ring is 2. The number of benzene rings is 2. The molecule has 20 heavy (non-hydrogen) atoms. The van der Waals surface area contributed by atoms with Crippen molar-refractivity contribution >= 4 is 43.7 Å². The summed E-state index contributed by atoms with van der Waals surface area (Å²) >= 11 is 1.26. The number of azo groups is 1. The minimum absolute atomic E-state index is 0.299. The molecule has 0 bridgehead atoms. The van der Waals surface area contributed by atoms with E-state index in [-0.39, 0.29) is 5.82 Å². The van der Waals surface area contributed by atoms with Crippen molar-refractivity contribution in [1.29, 1.82) is 0 Å². The van der Waals surface area contributed by atoms with E-state index in [0.29, 0.717) is 27.7 Å². The molecule has 7 heteroatoms. The van der Waals surface area contributed by atoms with Gasteiger partial charge in [0.2, 0.25) is 5.13 Å². The largest absolute Gasteiger partial charge is 0.399 e. The second-order valence-corrected chi connectivity index (χ2v) is 5.14. The molecule has 2 aromatic carbocycles. The van der Waals surface area contributed by atoms with Gasteiger partial charge in [-0.2, -0.15) is 0 Å². The third kappa shape index (κ3) is 2.43. The highest BCUT2D eigenvalue weighted by Crippen LogP contribution is 2.31. The summed E-state index contributed by atoms with van der Waals surface area (Å²) in [5.74, 6) is -0.299. The van der Waals surface area contributed by atoms with Gasteiger partial charge in [0.15, 0.2) is 0 Å². The Bertz CT molecular complexity index is 812. The van der Waals surface area contributed by atoms with Gasteiger partial charge in [-0.1, -0.05) is 11.3 Å². The van der Waals surface area contributed by atoms with Crippen LogP contribution in [0.5, 0.6) is 0 Å². The van der Waals surface area contributed by atoms with Crippen molar-refractivity contribution in [3.63, 3.8) is 0 Å². The number of nitrogens with two attached hydrogens (primary N) is 2. The maximum Gasteiger partial charge on any atom is 0.231 e. The van der Waals surface area contributed by atoms with Gasteiger partial charge >= 0.3 is 0 Å². The van der Waals surface area contributed by atoms with E-state index < -0.39 is 0 Å². The van der Waals surface area contributed by atoms with Crippen LogP contribution >= 0.6 is 11.3 Å². The molecule has 0 unspecified atom stereocenters. The van der Waals surface area contributed by atoms with Gasteiger partial charge in [0.05, 0.1) is 15.9 Å². The van der Waals surface area contributed by atoms with E-state index in [2.05, 4.69) is 15.2 Å². The molecule has 0 fully saturated rings. The monoisotopic (exact) mass is 287 g/mol. The van der Waals surface area contributed by atoms with Crippen LogP contribution in [0, 0.1) is 5.82 Å². The number of rotatable bonds is 2. The maximum atomic E-state index is 13.1. The molecule has 0 aliphatic carbocycles. The second-order valence-electron chi connectivity index (χ2n) is 4.13. The van der Waals surface area contributed by atoms with Crippen LogP contribution in [0.4, 0.5) is 26.6 Å². The molecule has 0 saturated carbocycles. The van der Waals surface area contributed by atoms with Crippen molar-refractivity contribution < 1.29 is 4.39 Å². The first-order valence-corrected chi connectivity index (χ1v) is 6.56. The van der Waals surface area contributed by atoms with Gasteiger partial charge in [-0.3, -0.25) is 0 Å². The SMILES string of the molecule is Nc1ccc(N=Nc2nc3ccc(F)cc3s2)c(N)c1. The Labute approximate surface area is 117 Å². The summed E-state index contributed by atoms with van der Waals surface area (Å²) in [6, 6.07) is 9.38. The van der Waals surface area contributed by atoms with Crippen molar-refractivity contribution in [1.82, 2.24) is 4.98 Å². The lowest BCUT2D eigenvalue weighted by Crippen LogP contribution is -1.89. The highest BCUT2D eigenvalue weighted by molar-refractivity contribution is 7.21. The predicted octanol–water partition coefficient (Wildman–Crippen LogP) is 4.02. The number of halogens is 1.